The fraction of sp³-hybridized carbons (Fsp3) is 0.722. The predicted molar refractivity (Wildman–Crippen MR) is 164 cm³/mol. The number of carbonyl (C=O) groups is 2. The van der Waals surface area contributed by atoms with Crippen molar-refractivity contribution in [2.24, 2.45) is 29.6 Å². The summed E-state index contributed by atoms with van der Waals surface area (Å²) < 4.78 is 0. The van der Waals surface area contributed by atoms with E-state index in [9.17, 15) is 9.59 Å². The molecule has 0 amide bonds. The third kappa shape index (κ3) is 11.2. The van der Waals surface area contributed by atoms with Gasteiger partial charge in [0.25, 0.3) is 0 Å². The Bertz CT molecular complexity index is 892. The lowest BCUT2D eigenvalue weighted by molar-refractivity contribution is 0.0971. The number of fused-ring (bicyclic) bond motifs is 1. The Labute approximate surface area is 235 Å². The van der Waals surface area contributed by atoms with Crippen LogP contribution < -0.4 is 0 Å². The molecule has 0 bridgehead atoms. The number of rotatable bonds is 19. The molecule has 4 atom stereocenters. The van der Waals surface area contributed by atoms with Crippen molar-refractivity contribution in [3.63, 3.8) is 0 Å². The average Bonchev–Trinajstić information content (AvgIpc) is 2.87. The zero-order chi connectivity index (χ0) is 28.1. The highest BCUT2D eigenvalue weighted by molar-refractivity contribution is 6.26. The van der Waals surface area contributed by atoms with Gasteiger partial charge in [0.15, 0.2) is 11.6 Å². The molecule has 0 spiro atoms. The first-order valence-electron chi connectivity index (χ1n) is 16.0. The number of hydrogen-bond donors (Lipinski definition) is 0. The van der Waals surface area contributed by atoms with Crippen LogP contribution in [0.2, 0.25) is 0 Å². The van der Waals surface area contributed by atoms with Crippen molar-refractivity contribution in [2.75, 3.05) is 0 Å². The normalized spacial score (nSPS) is 17.1. The zero-order valence-corrected chi connectivity index (χ0v) is 25.9. The number of hydrogen-bond acceptors (Lipinski definition) is 2. The number of carbonyl (C=O) groups excluding carboxylic acids is 2. The molecule has 2 rings (SSSR count). The molecule has 0 heterocycles. The number of benzene rings is 1. The standard InChI is InChI=1S/C36H58O2/c1-26(2)14-10-15-27(3)16-11-17-28(4)18-12-19-29(5)20-13-21-30(6)24-25-32-31(7)35(37)33-22-8-9-23-34(33)36(32)38/h8-9,22-23,26-30H,10-21,24-25H2,1-7H3. The van der Waals surface area contributed by atoms with Gasteiger partial charge in [-0.1, -0.05) is 143 Å². The van der Waals surface area contributed by atoms with Gasteiger partial charge in [-0.25, -0.2) is 0 Å². The van der Waals surface area contributed by atoms with Crippen LogP contribution in [0.1, 0.15) is 159 Å². The smallest absolute Gasteiger partial charge is 0.190 e. The molecule has 2 heteroatoms. The van der Waals surface area contributed by atoms with E-state index >= 15 is 0 Å². The SMILES string of the molecule is CC1=C(CCC(C)CCCC(C)CCCC(C)CCCC(C)CCCC(C)C)C(=O)c2ccccc2C1=O. The molecule has 2 nitrogen and oxygen atoms in total. The fourth-order valence-electron chi connectivity index (χ4n) is 6.14. The minimum absolute atomic E-state index is 0.0256. The minimum Gasteiger partial charge on any atom is -0.289 e. The van der Waals surface area contributed by atoms with Crippen LogP contribution in [0.3, 0.4) is 0 Å². The Morgan fingerprint density at radius 3 is 1.32 bits per heavy atom. The predicted octanol–water partition coefficient (Wildman–Crippen LogP) is 11.0. The highest BCUT2D eigenvalue weighted by Gasteiger charge is 2.29. The van der Waals surface area contributed by atoms with Gasteiger partial charge in [0.1, 0.15) is 0 Å². The molecule has 0 saturated carbocycles. The van der Waals surface area contributed by atoms with Crippen LogP contribution in [0, 0.1) is 29.6 Å². The van der Waals surface area contributed by atoms with E-state index in [2.05, 4.69) is 41.5 Å². The van der Waals surface area contributed by atoms with E-state index in [0.717, 1.165) is 42.1 Å². The summed E-state index contributed by atoms with van der Waals surface area (Å²) in [6, 6.07) is 7.26. The molecule has 0 radical (unpaired) electrons. The maximum atomic E-state index is 13.0. The largest absolute Gasteiger partial charge is 0.289 e. The Kier molecular flexibility index (Phi) is 14.6. The number of ketones is 2. The lowest BCUT2D eigenvalue weighted by atomic mass is 9.81. The molecule has 0 fully saturated rings. The van der Waals surface area contributed by atoms with Crippen LogP contribution >= 0.6 is 0 Å². The van der Waals surface area contributed by atoms with Crippen molar-refractivity contribution in [3.05, 3.63) is 46.5 Å². The summed E-state index contributed by atoms with van der Waals surface area (Å²) in [5.74, 6) is 4.07. The van der Waals surface area contributed by atoms with Crippen molar-refractivity contribution < 1.29 is 9.59 Å². The molecule has 1 aliphatic rings. The summed E-state index contributed by atoms with van der Waals surface area (Å²) in [5.41, 5.74) is 2.54. The van der Waals surface area contributed by atoms with Crippen LogP contribution in [-0.2, 0) is 0 Å². The Hall–Kier alpha value is -1.70. The molecule has 1 aliphatic carbocycles. The molecule has 0 aromatic heterocycles. The summed E-state index contributed by atoms with van der Waals surface area (Å²) in [7, 11) is 0. The first kappa shape index (κ1) is 32.5. The third-order valence-corrected chi connectivity index (χ3v) is 9.03. The van der Waals surface area contributed by atoms with E-state index in [1.54, 1.807) is 12.1 Å². The molecule has 1 aromatic carbocycles. The highest BCUT2D eigenvalue weighted by Crippen LogP contribution is 2.30. The second-order valence-corrected chi connectivity index (χ2v) is 13.4. The molecule has 0 N–H and O–H groups in total. The lowest BCUT2D eigenvalue weighted by Gasteiger charge is -2.20. The Morgan fingerprint density at radius 1 is 0.526 bits per heavy atom. The maximum absolute atomic E-state index is 13.0. The van der Waals surface area contributed by atoms with Gasteiger partial charge in [-0.2, -0.15) is 0 Å². The summed E-state index contributed by atoms with van der Waals surface area (Å²) in [6.45, 7) is 16.1. The second-order valence-electron chi connectivity index (χ2n) is 13.4. The van der Waals surface area contributed by atoms with E-state index in [1.807, 2.05) is 19.1 Å². The molecular formula is C36H58O2. The molecule has 0 aliphatic heterocycles. The number of allylic oxidation sites excluding steroid dienone is 2. The molecule has 38 heavy (non-hydrogen) atoms. The van der Waals surface area contributed by atoms with E-state index in [-0.39, 0.29) is 11.6 Å². The van der Waals surface area contributed by atoms with Crippen LogP contribution in [-0.4, -0.2) is 11.6 Å². The summed E-state index contributed by atoms with van der Waals surface area (Å²) in [4.78, 5) is 25.7. The Morgan fingerprint density at radius 2 is 0.895 bits per heavy atom. The van der Waals surface area contributed by atoms with E-state index in [0.29, 0.717) is 22.6 Å². The van der Waals surface area contributed by atoms with Gasteiger partial charge in [-0.3, -0.25) is 9.59 Å². The number of Topliss-reactive ketones (excluding diaryl/α,β-unsaturated/α-hetero) is 2. The highest BCUT2D eigenvalue weighted by atomic mass is 16.1. The van der Waals surface area contributed by atoms with Gasteiger partial charge < -0.3 is 0 Å². The van der Waals surface area contributed by atoms with Gasteiger partial charge in [0.2, 0.25) is 0 Å². The van der Waals surface area contributed by atoms with Gasteiger partial charge >= 0.3 is 0 Å². The summed E-state index contributed by atoms with van der Waals surface area (Å²) in [5, 5.41) is 0. The van der Waals surface area contributed by atoms with E-state index in [1.165, 1.54) is 77.0 Å². The van der Waals surface area contributed by atoms with Gasteiger partial charge in [0, 0.05) is 22.3 Å². The van der Waals surface area contributed by atoms with Crippen LogP contribution in [0.5, 0.6) is 0 Å². The zero-order valence-electron chi connectivity index (χ0n) is 25.9. The first-order chi connectivity index (χ1) is 18.1. The minimum atomic E-state index is 0.0256. The molecule has 4 unspecified atom stereocenters. The van der Waals surface area contributed by atoms with Crippen LogP contribution in [0.15, 0.2) is 35.4 Å². The third-order valence-electron chi connectivity index (χ3n) is 9.03. The van der Waals surface area contributed by atoms with Crippen molar-refractivity contribution in [1.29, 1.82) is 0 Å². The summed E-state index contributed by atoms with van der Waals surface area (Å²) in [6.07, 6.45) is 18.0. The topological polar surface area (TPSA) is 34.1 Å². The first-order valence-corrected chi connectivity index (χ1v) is 16.0. The van der Waals surface area contributed by atoms with Crippen LogP contribution in [0.4, 0.5) is 0 Å². The van der Waals surface area contributed by atoms with E-state index < -0.39 is 0 Å². The quantitative estimate of drug-likeness (QED) is 0.181. The van der Waals surface area contributed by atoms with Gasteiger partial charge in [-0.15, -0.1) is 0 Å². The molecule has 0 saturated heterocycles. The van der Waals surface area contributed by atoms with Crippen molar-refractivity contribution in [3.8, 4) is 0 Å². The van der Waals surface area contributed by atoms with E-state index in [4.69, 9.17) is 0 Å². The van der Waals surface area contributed by atoms with Gasteiger partial charge in [-0.05, 0) is 49.4 Å². The molecule has 1 aromatic rings. The van der Waals surface area contributed by atoms with Crippen molar-refractivity contribution in [1.82, 2.24) is 0 Å². The monoisotopic (exact) mass is 522 g/mol. The second kappa shape index (κ2) is 17.1. The summed E-state index contributed by atoms with van der Waals surface area (Å²) >= 11 is 0. The van der Waals surface area contributed by atoms with Gasteiger partial charge in [0.05, 0.1) is 0 Å². The fourth-order valence-corrected chi connectivity index (χ4v) is 6.14. The average molecular weight is 523 g/mol. The Balaban J connectivity index is 1.56. The molecular weight excluding hydrogens is 464 g/mol. The molecule has 214 valence electrons. The lowest BCUT2D eigenvalue weighted by Crippen LogP contribution is -2.21. The van der Waals surface area contributed by atoms with Crippen LogP contribution in [0.25, 0.3) is 0 Å². The van der Waals surface area contributed by atoms with Crippen molar-refractivity contribution in [2.45, 2.75) is 138 Å². The maximum Gasteiger partial charge on any atom is 0.190 e. The van der Waals surface area contributed by atoms with Crippen molar-refractivity contribution >= 4 is 11.6 Å².